The Labute approximate surface area is 101 Å². The summed E-state index contributed by atoms with van der Waals surface area (Å²) in [5, 5.41) is 0. The standard InChI is InChI=1S/C10H13BrN2OS/c11-9-2-1-8(15-9)10(14)13-5-3-7(12)4-6-13/h1-2,7H,3-6,12H2. The van der Waals surface area contributed by atoms with Gasteiger partial charge in [0.1, 0.15) is 0 Å². The van der Waals surface area contributed by atoms with Crippen molar-refractivity contribution in [2.45, 2.75) is 18.9 Å². The highest BCUT2D eigenvalue weighted by Gasteiger charge is 2.22. The number of thiophene rings is 1. The average Bonchev–Trinajstić information content (AvgIpc) is 2.65. The van der Waals surface area contributed by atoms with Crippen molar-refractivity contribution in [3.63, 3.8) is 0 Å². The van der Waals surface area contributed by atoms with E-state index in [2.05, 4.69) is 15.9 Å². The Morgan fingerprint density at radius 1 is 1.47 bits per heavy atom. The van der Waals surface area contributed by atoms with Crippen molar-refractivity contribution in [2.75, 3.05) is 13.1 Å². The fraction of sp³-hybridized carbons (Fsp3) is 0.500. The summed E-state index contributed by atoms with van der Waals surface area (Å²) in [6.07, 6.45) is 1.83. The number of hydrogen-bond donors (Lipinski definition) is 1. The largest absolute Gasteiger partial charge is 0.338 e. The molecule has 0 unspecified atom stereocenters. The van der Waals surface area contributed by atoms with E-state index in [9.17, 15) is 4.79 Å². The van der Waals surface area contributed by atoms with Crippen LogP contribution < -0.4 is 5.73 Å². The van der Waals surface area contributed by atoms with Crippen molar-refractivity contribution in [1.82, 2.24) is 4.90 Å². The van der Waals surface area contributed by atoms with Crippen molar-refractivity contribution in [2.24, 2.45) is 5.73 Å². The number of hydrogen-bond acceptors (Lipinski definition) is 3. The van der Waals surface area contributed by atoms with Crippen LogP contribution in [-0.4, -0.2) is 29.9 Å². The van der Waals surface area contributed by atoms with Gasteiger partial charge < -0.3 is 10.6 Å². The van der Waals surface area contributed by atoms with E-state index in [0.29, 0.717) is 0 Å². The van der Waals surface area contributed by atoms with Crippen molar-refractivity contribution in [1.29, 1.82) is 0 Å². The Morgan fingerprint density at radius 2 is 2.13 bits per heavy atom. The predicted molar refractivity (Wildman–Crippen MR) is 65.1 cm³/mol. The van der Waals surface area contributed by atoms with Crippen LogP contribution in [0.4, 0.5) is 0 Å². The topological polar surface area (TPSA) is 46.3 Å². The molecule has 0 atom stereocenters. The van der Waals surface area contributed by atoms with Crippen molar-refractivity contribution in [3.05, 3.63) is 20.8 Å². The van der Waals surface area contributed by atoms with Gasteiger partial charge in [-0.05, 0) is 40.9 Å². The van der Waals surface area contributed by atoms with E-state index in [0.717, 1.165) is 34.6 Å². The van der Waals surface area contributed by atoms with Crippen molar-refractivity contribution < 1.29 is 4.79 Å². The first-order valence-electron chi connectivity index (χ1n) is 4.97. The number of nitrogens with zero attached hydrogens (tertiary/aromatic N) is 1. The summed E-state index contributed by atoms with van der Waals surface area (Å²) in [4.78, 5) is 14.7. The minimum Gasteiger partial charge on any atom is -0.338 e. The number of nitrogens with two attached hydrogens (primary N) is 1. The van der Waals surface area contributed by atoms with Gasteiger partial charge in [-0.3, -0.25) is 4.79 Å². The van der Waals surface area contributed by atoms with E-state index in [4.69, 9.17) is 5.73 Å². The lowest BCUT2D eigenvalue weighted by atomic mass is 10.1. The maximum absolute atomic E-state index is 12.0. The van der Waals surface area contributed by atoms with Crippen LogP contribution in [0.3, 0.4) is 0 Å². The van der Waals surface area contributed by atoms with E-state index >= 15 is 0 Å². The van der Waals surface area contributed by atoms with Crippen LogP contribution in [0.15, 0.2) is 15.9 Å². The fourth-order valence-corrected chi connectivity index (χ4v) is 3.04. The number of rotatable bonds is 1. The zero-order chi connectivity index (χ0) is 10.8. The van der Waals surface area contributed by atoms with E-state index in [1.165, 1.54) is 11.3 Å². The highest BCUT2D eigenvalue weighted by molar-refractivity contribution is 9.11. The Bertz CT molecular complexity index is 358. The third-order valence-electron chi connectivity index (χ3n) is 2.61. The second kappa shape index (κ2) is 4.63. The Hall–Kier alpha value is -0.390. The van der Waals surface area contributed by atoms with Crippen LogP contribution in [0, 0.1) is 0 Å². The SMILES string of the molecule is NC1CCN(C(=O)c2ccc(Br)s2)CC1. The van der Waals surface area contributed by atoms with Crippen LogP contribution in [-0.2, 0) is 0 Å². The Kier molecular flexibility index (Phi) is 3.43. The number of halogens is 1. The van der Waals surface area contributed by atoms with Gasteiger partial charge in [0.05, 0.1) is 8.66 Å². The molecule has 0 saturated carbocycles. The van der Waals surface area contributed by atoms with Gasteiger partial charge in [0.2, 0.25) is 0 Å². The van der Waals surface area contributed by atoms with Gasteiger partial charge in [0.15, 0.2) is 0 Å². The zero-order valence-electron chi connectivity index (χ0n) is 8.28. The molecule has 0 bridgehead atoms. The first-order valence-corrected chi connectivity index (χ1v) is 6.58. The summed E-state index contributed by atoms with van der Waals surface area (Å²) in [6, 6.07) is 4.04. The third kappa shape index (κ3) is 2.59. The van der Waals surface area contributed by atoms with Crippen LogP contribution in [0.1, 0.15) is 22.5 Å². The molecule has 1 aromatic heterocycles. The van der Waals surface area contributed by atoms with E-state index in [-0.39, 0.29) is 11.9 Å². The molecule has 1 amide bonds. The summed E-state index contributed by atoms with van der Waals surface area (Å²) in [5.74, 6) is 0.137. The summed E-state index contributed by atoms with van der Waals surface area (Å²) >= 11 is 4.85. The first-order chi connectivity index (χ1) is 7.16. The molecule has 2 N–H and O–H groups in total. The van der Waals surface area contributed by atoms with Gasteiger partial charge in [0, 0.05) is 19.1 Å². The van der Waals surface area contributed by atoms with E-state index < -0.39 is 0 Å². The monoisotopic (exact) mass is 288 g/mol. The molecule has 0 spiro atoms. The molecule has 3 nitrogen and oxygen atoms in total. The molecule has 15 heavy (non-hydrogen) atoms. The smallest absolute Gasteiger partial charge is 0.263 e. The zero-order valence-corrected chi connectivity index (χ0v) is 10.7. The summed E-state index contributed by atoms with van der Waals surface area (Å²) in [5.41, 5.74) is 5.80. The maximum atomic E-state index is 12.0. The normalized spacial score (nSPS) is 18.1. The number of carbonyl (C=O) groups excluding carboxylic acids is 1. The molecule has 0 aromatic carbocycles. The number of likely N-dealkylation sites (tertiary alicyclic amines) is 1. The molecule has 0 radical (unpaired) electrons. The molecule has 1 aliphatic rings. The lowest BCUT2D eigenvalue weighted by molar-refractivity contribution is 0.0719. The molecular weight excluding hydrogens is 276 g/mol. The Balaban J connectivity index is 2.02. The summed E-state index contributed by atoms with van der Waals surface area (Å²) in [7, 11) is 0. The third-order valence-corrected chi connectivity index (χ3v) is 4.22. The molecule has 82 valence electrons. The van der Waals surface area contributed by atoms with Crippen molar-refractivity contribution in [3.8, 4) is 0 Å². The molecule has 5 heteroatoms. The fourth-order valence-electron chi connectivity index (χ4n) is 1.69. The number of carbonyl (C=O) groups is 1. The van der Waals surface area contributed by atoms with Gasteiger partial charge in [-0.25, -0.2) is 0 Å². The van der Waals surface area contributed by atoms with Gasteiger partial charge in [-0.2, -0.15) is 0 Å². The number of piperidine rings is 1. The van der Waals surface area contributed by atoms with E-state index in [1.54, 1.807) is 0 Å². The van der Waals surface area contributed by atoms with Gasteiger partial charge in [-0.15, -0.1) is 11.3 Å². The first kappa shape index (κ1) is 11.1. The van der Waals surface area contributed by atoms with Gasteiger partial charge >= 0.3 is 0 Å². The molecule has 0 aliphatic carbocycles. The maximum Gasteiger partial charge on any atom is 0.263 e. The van der Waals surface area contributed by atoms with E-state index in [1.807, 2.05) is 17.0 Å². The van der Waals surface area contributed by atoms with Crippen LogP contribution in [0.2, 0.25) is 0 Å². The van der Waals surface area contributed by atoms with Crippen LogP contribution in [0.5, 0.6) is 0 Å². The Morgan fingerprint density at radius 3 is 2.67 bits per heavy atom. The highest BCUT2D eigenvalue weighted by Crippen LogP contribution is 2.24. The van der Waals surface area contributed by atoms with Gasteiger partial charge in [-0.1, -0.05) is 0 Å². The molecule has 1 aliphatic heterocycles. The number of amides is 1. The second-order valence-electron chi connectivity index (χ2n) is 3.73. The lowest BCUT2D eigenvalue weighted by Gasteiger charge is -2.29. The minimum absolute atomic E-state index is 0.137. The molecule has 2 rings (SSSR count). The molecule has 1 aromatic rings. The average molecular weight is 289 g/mol. The predicted octanol–water partition coefficient (Wildman–Crippen LogP) is 2.07. The quantitative estimate of drug-likeness (QED) is 0.860. The molecule has 2 heterocycles. The van der Waals surface area contributed by atoms with Gasteiger partial charge in [0.25, 0.3) is 5.91 Å². The summed E-state index contributed by atoms with van der Waals surface area (Å²) < 4.78 is 1.000. The van der Waals surface area contributed by atoms with Crippen LogP contribution in [0.25, 0.3) is 0 Å². The minimum atomic E-state index is 0.137. The highest BCUT2D eigenvalue weighted by atomic mass is 79.9. The van der Waals surface area contributed by atoms with Crippen LogP contribution >= 0.6 is 27.3 Å². The molecule has 1 fully saturated rings. The summed E-state index contributed by atoms with van der Waals surface area (Å²) in [6.45, 7) is 1.57. The second-order valence-corrected chi connectivity index (χ2v) is 6.20. The molecule has 1 saturated heterocycles. The molecular formula is C10H13BrN2OS. The lowest BCUT2D eigenvalue weighted by Crippen LogP contribution is -2.42. The van der Waals surface area contributed by atoms with Crippen molar-refractivity contribution >= 4 is 33.2 Å².